The summed E-state index contributed by atoms with van der Waals surface area (Å²) in [6, 6.07) is 2.44. The number of aromatic nitrogens is 2. The molecule has 1 N–H and O–H groups in total. The van der Waals surface area contributed by atoms with E-state index in [4.69, 9.17) is 4.74 Å². The van der Waals surface area contributed by atoms with Crippen molar-refractivity contribution in [3.63, 3.8) is 0 Å². The molecule has 5 heteroatoms. The van der Waals surface area contributed by atoms with E-state index in [1.165, 1.54) is 0 Å². The third-order valence-corrected chi connectivity index (χ3v) is 2.93. The molecule has 1 heterocycles. The van der Waals surface area contributed by atoms with Crippen LogP contribution in [0.4, 0.5) is 11.6 Å². The largest absolute Gasteiger partial charge is 0.374 e. The molecule has 0 radical (unpaired) electrons. The molecule has 1 rings (SSSR count). The number of hydrogen-bond acceptors (Lipinski definition) is 5. The lowest BCUT2D eigenvalue weighted by Crippen LogP contribution is -2.32. The monoisotopic (exact) mass is 280 g/mol. The average molecular weight is 280 g/mol. The van der Waals surface area contributed by atoms with Crippen molar-refractivity contribution in [3.8, 4) is 0 Å². The highest BCUT2D eigenvalue weighted by Gasteiger charge is 2.14. The number of nitrogens with zero attached hydrogens (tertiary/aromatic N) is 3. The zero-order valence-electron chi connectivity index (χ0n) is 13.4. The molecule has 0 aliphatic carbocycles. The highest BCUT2D eigenvalue weighted by atomic mass is 16.5. The van der Waals surface area contributed by atoms with Gasteiger partial charge in [-0.15, -0.1) is 0 Å². The lowest BCUT2D eigenvalue weighted by molar-refractivity contribution is 0.128. The zero-order valence-corrected chi connectivity index (χ0v) is 13.4. The standard InChI is InChI=1S/C15H28N4O/c1-6-9-19(12(4)5)15-10-13(16-7-2)17-14(18-15)11-20-8-3/h10,12H,6-9,11H2,1-5H3,(H,16,17,18). The van der Waals surface area contributed by atoms with E-state index in [0.29, 0.717) is 19.3 Å². The molecular formula is C15H28N4O. The maximum absolute atomic E-state index is 5.44. The SMILES string of the molecule is CCCN(c1cc(NCC)nc(COCC)n1)C(C)C. The highest BCUT2D eigenvalue weighted by molar-refractivity contribution is 5.50. The summed E-state index contributed by atoms with van der Waals surface area (Å²) in [6.45, 7) is 13.6. The summed E-state index contributed by atoms with van der Waals surface area (Å²) in [4.78, 5) is 11.4. The Morgan fingerprint density at radius 2 is 2.00 bits per heavy atom. The Balaban J connectivity index is 3.04. The third kappa shape index (κ3) is 4.96. The number of hydrogen-bond donors (Lipinski definition) is 1. The van der Waals surface area contributed by atoms with Crippen LogP contribution in [0.5, 0.6) is 0 Å². The van der Waals surface area contributed by atoms with E-state index in [1.54, 1.807) is 0 Å². The Hall–Kier alpha value is -1.36. The molecule has 1 aromatic heterocycles. The summed E-state index contributed by atoms with van der Waals surface area (Å²) in [5, 5.41) is 3.27. The van der Waals surface area contributed by atoms with Gasteiger partial charge in [0.2, 0.25) is 0 Å². The van der Waals surface area contributed by atoms with E-state index in [-0.39, 0.29) is 0 Å². The molecule has 0 aliphatic heterocycles. The molecule has 1 aromatic rings. The third-order valence-electron chi connectivity index (χ3n) is 2.93. The van der Waals surface area contributed by atoms with E-state index in [0.717, 1.165) is 37.0 Å². The van der Waals surface area contributed by atoms with Crippen LogP contribution in [0, 0.1) is 0 Å². The molecular weight excluding hydrogens is 252 g/mol. The summed E-state index contributed by atoms with van der Waals surface area (Å²) in [6.07, 6.45) is 1.10. The summed E-state index contributed by atoms with van der Waals surface area (Å²) in [7, 11) is 0. The van der Waals surface area contributed by atoms with Gasteiger partial charge >= 0.3 is 0 Å². The van der Waals surface area contributed by atoms with Crippen LogP contribution >= 0.6 is 0 Å². The van der Waals surface area contributed by atoms with Gasteiger partial charge in [0.05, 0.1) is 0 Å². The molecule has 5 nitrogen and oxygen atoms in total. The fraction of sp³-hybridized carbons (Fsp3) is 0.733. The topological polar surface area (TPSA) is 50.3 Å². The van der Waals surface area contributed by atoms with Crippen LogP contribution in [0.1, 0.15) is 46.9 Å². The molecule has 0 unspecified atom stereocenters. The molecule has 0 amide bonds. The zero-order chi connectivity index (χ0) is 15.0. The average Bonchev–Trinajstić information content (AvgIpc) is 2.42. The molecule has 0 aromatic carbocycles. The van der Waals surface area contributed by atoms with Crippen molar-refractivity contribution in [2.24, 2.45) is 0 Å². The van der Waals surface area contributed by atoms with E-state index < -0.39 is 0 Å². The Morgan fingerprint density at radius 1 is 1.25 bits per heavy atom. The van der Waals surface area contributed by atoms with Crippen molar-refractivity contribution in [3.05, 3.63) is 11.9 Å². The molecule has 0 atom stereocenters. The molecule has 0 fully saturated rings. The van der Waals surface area contributed by atoms with Gasteiger partial charge in [0.1, 0.15) is 18.2 Å². The van der Waals surface area contributed by atoms with Gasteiger partial charge < -0.3 is 15.0 Å². The second kappa shape index (κ2) is 8.74. The lowest BCUT2D eigenvalue weighted by atomic mass is 10.3. The van der Waals surface area contributed by atoms with Gasteiger partial charge in [-0.1, -0.05) is 6.92 Å². The molecule has 0 bridgehead atoms. The van der Waals surface area contributed by atoms with E-state index in [1.807, 2.05) is 13.0 Å². The van der Waals surface area contributed by atoms with Gasteiger partial charge in [-0.05, 0) is 34.1 Å². The van der Waals surface area contributed by atoms with Crippen LogP contribution in [-0.4, -0.2) is 35.7 Å². The lowest BCUT2D eigenvalue weighted by Gasteiger charge is -2.28. The van der Waals surface area contributed by atoms with Crippen molar-refractivity contribution < 1.29 is 4.74 Å². The fourth-order valence-electron chi connectivity index (χ4n) is 2.04. The van der Waals surface area contributed by atoms with Crippen LogP contribution in [0.25, 0.3) is 0 Å². The summed E-state index contributed by atoms with van der Waals surface area (Å²) >= 11 is 0. The first-order valence-corrected chi connectivity index (χ1v) is 7.58. The predicted molar refractivity (Wildman–Crippen MR) is 84.3 cm³/mol. The summed E-state index contributed by atoms with van der Waals surface area (Å²) in [5.41, 5.74) is 0. The van der Waals surface area contributed by atoms with E-state index in [9.17, 15) is 0 Å². The van der Waals surface area contributed by atoms with Crippen molar-refractivity contribution in [1.29, 1.82) is 0 Å². The number of ether oxygens (including phenoxy) is 1. The Labute approximate surface area is 122 Å². The van der Waals surface area contributed by atoms with Gasteiger partial charge in [-0.3, -0.25) is 0 Å². The van der Waals surface area contributed by atoms with Crippen molar-refractivity contribution >= 4 is 11.6 Å². The summed E-state index contributed by atoms with van der Waals surface area (Å²) in [5.74, 6) is 2.58. The van der Waals surface area contributed by atoms with Gasteiger partial charge in [-0.2, -0.15) is 0 Å². The first-order chi connectivity index (χ1) is 9.62. The smallest absolute Gasteiger partial charge is 0.158 e. The quantitative estimate of drug-likeness (QED) is 0.753. The first-order valence-electron chi connectivity index (χ1n) is 7.58. The Bertz CT molecular complexity index is 395. The van der Waals surface area contributed by atoms with Crippen LogP contribution in [-0.2, 0) is 11.3 Å². The van der Waals surface area contributed by atoms with Crippen LogP contribution in [0.2, 0.25) is 0 Å². The highest BCUT2D eigenvalue weighted by Crippen LogP contribution is 2.19. The molecule has 114 valence electrons. The number of nitrogens with one attached hydrogen (secondary N) is 1. The molecule has 0 aliphatic rings. The van der Waals surface area contributed by atoms with Crippen LogP contribution in [0.15, 0.2) is 6.07 Å². The fourth-order valence-corrected chi connectivity index (χ4v) is 2.04. The minimum Gasteiger partial charge on any atom is -0.374 e. The number of anilines is 2. The van der Waals surface area contributed by atoms with E-state index >= 15 is 0 Å². The van der Waals surface area contributed by atoms with Crippen molar-refractivity contribution in [2.45, 2.75) is 53.7 Å². The maximum Gasteiger partial charge on any atom is 0.158 e. The predicted octanol–water partition coefficient (Wildman–Crippen LogP) is 3.07. The minimum atomic E-state index is 0.416. The minimum absolute atomic E-state index is 0.416. The van der Waals surface area contributed by atoms with Gasteiger partial charge in [0.15, 0.2) is 5.82 Å². The van der Waals surface area contributed by atoms with Crippen molar-refractivity contribution in [1.82, 2.24) is 9.97 Å². The second-order valence-corrected chi connectivity index (χ2v) is 4.98. The molecule has 20 heavy (non-hydrogen) atoms. The van der Waals surface area contributed by atoms with Crippen LogP contribution in [0.3, 0.4) is 0 Å². The Kier molecular flexibility index (Phi) is 7.30. The Morgan fingerprint density at radius 3 is 2.55 bits per heavy atom. The first kappa shape index (κ1) is 16.7. The second-order valence-electron chi connectivity index (χ2n) is 4.98. The van der Waals surface area contributed by atoms with Crippen LogP contribution < -0.4 is 10.2 Å². The molecule has 0 spiro atoms. The van der Waals surface area contributed by atoms with Gasteiger partial charge in [0, 0.05) is 31.8 Å². The normalized spacial score (nSPS) is 10.9. The molecule has 0 saturated carbocycles. The van der Waals surface area contributed by atoms with Gasteiger partial charge in [0.25, 0.3) is 0 Å². The molecule has 0 saturated heterocycles. The summed E-state index contributed by atoms with van der Waals surface area (Å²) < 4.78 is 5.44. The number of rotatable bonds is 9. The van der Waals surface area contributed by atoms with E-state index in [2.05, 4.69) is 47.9 Å². The van der Waals surface area contributed by atoms with Crippen molar-refractivity contribution in [2.75, 3.05) is 29.9 Å². The maximum atomic E-state index is 5.44. The van der Waals surface area contributed by atoms with Gasteiger partial charge in [-0.25, -0.2) is 9.97 Å².